The molecule has 0 nitrogen and oxygen atoms in total. The van der Waals surface area contributed by atoms with Gasteiger partial charge in [-0.3, -0.25) is 0 Å². The van der Waals surface area contributed by atoms with Gasteiger partial charge in [0.25, 0.3) is 0 Å². The Kier molecular flexibility index (Phi) is 3.58. The molecule has 3 atom stereocenters. The molecule has 0 aromatic carbocycles. The molecule has 0 amide bonds. The molecule has 0 saturated heterocycles. The highest BCUT2D eigenvalue weighted by Gasteiger charge is 2.50. The van der Waals surface area contributed by atoms with Crippen LogP contribution in [0.1, 0.15) is 67.7 Å². The minimum atomic E-state index is 0.550. The van der Waals surface area contributed by atoms with Crippen molar-refractivity contribution < 1.29 is 0 Å². The molecule has 1 fully saturated rings. The van der Waals surface area contributed by atoms with Crippen molar-refractivity contribution in [2.45, 2.75) is 67.7 Å². The highest BCUT2D eigenvalue weighted by atomic mass is 14.6. The van der Waals surface area contributed by atoms with Gasteiger partial charge < -0.3 is 0 Å². The van der Waals surface area contributed by atoms with Crippen molar-refractivity contribution in [1.29, 1.82) is 0 Å². The van der Waals surface area contributed by atoms with E-state index in [-0.39, 0.29) is 0 Å². The van der Waals surface area contributed by atoms with Gasteiger partial charge in [0.2, 0.25) is 0 Å². The molecule has 0 aliphatic heterocycles. The van der Waals surface area contributed by atoms with Crippen LogP contribution in [0.2, 0.25) is 0 Å². The second-order valence-corrected chi connectivity index (χ2v) is 7.08. The van der Waals surface area contributed by atoms with E-state index in [1.54, 1.807) is 0 Å². The van der Waals surface area contributed by atoms with Crippen molar-refractivity contribution >= 4 is 0 Å². The molecule has 0 heteroatoms. The Hall–Kier alpha value is 0. The van der Waals surface area contributed by atoms with Gasteiger partial charge in [0, 0.05) is 0 Å². The molecule has 15 heavy (non-hydrogen) atoms. The molecule has 0 aromatic heterocycles. The van der Waals surface area contributed by atoms with E-state index in [4.69, 9.17) is 0 Å². The molecule has 0 radical (unpaired) electrons. The molecule has 1 rings (SSSR count). The second-order valence-electron chi connectivity index (χ2n) is 7.08. The monoisotopic (exact) mass is 210 g/mol. The smallest absolute Gasteiger partial charge is 0.0281 e. The van der Waals surface area contributed by atoms with E-state index in [2.05, 4.69) is 48.5 Å². The molecule has 0 aromatic rings. The van der Waals surface area contributed by atoms with E-state index >= 15 is 0 Å². The first-order valence-corrected chi connectivity index (χ1v) is 6.74. The minimum absolute atomic E-state index is 0.550. The summed E-state index contributed by atoms with van der Waals surface area (Å²) in [7, 11) is 0. The van der Waals surface area contributed by atoms with Crippen molar-refractivity contribution in [2.75, 3.05) is 0 Å². The van der Waals surface area contributed by atoms with Crippen molar-refractivity contribution in [3.63, 3.8) is 0 Å². The maximum atomic E-state index is 2.52. The lowest BCUT2D eigenvalue weighted by atomic mass is 9.62. The molecule has 3 unspecified atom stereocenters. The number of hydrogen-bond donors (Lipinski definition) is 0. The van der Waals surface area contributed by atoms with Crippen molar-refractivity contribution in [3.8, 4) is 0 Å². The zero-order valence-electron chi connectivity index (χ0n) is 11.9. The van der Waals surface area contributed by atoms with Gasteiger partial charge in [0.15, 0.2) is 0 Å². The summed E-state index contributed by atoms with van der Waals surface area (Å²) in [6.07, 6.45) is 4.19. The van der Waals surface area contributed by atoms with Crippen LogP contribution in [-0.2, 0) is 0 Å². The van der Waals surface area contributed by atoms with Gasteiger partial charge in [-0.25, -0.2) is 0 Å². The first-order chi connectivity index (χ1) is 6.74. The van der Waals surface area contributed by atoms with Gasteiger partial charge in [0.1, 0.15) is 0 Å². The Bertz CT molecular complexity index is 214. The zero-order chi connectivity index (χ0) is 11.9. The Morgan fingerprint density at radius 1 is 1.07 bits per heavy atom. The normalized spacial score (nSPS) is 37.2. The van der Waals surface area contributed by atoms with Crippen LogP contribution in [-0.4, -0.2) is 0 Å². The van der Waals surface area contributed by atoms with Crippen LogP contribution in [0.3, 0.4) is 0 Å². The molecule has 0 N–H and O–H groups in total. The minimum Gasteiger partial charge on any atom is -0.0649 e. The molecule has 0 heterocycles. The fraction of sp³-hybridized carbons (Fsp3) is 1.00. The van der Waals surface area contributed by atoms with E-state index in [0.717, 1.165) is 17.8 Å². The number of hydrogen-bond acceptors (Lipinski definition) is 0. The first kappa shape index (κ1) is 13.1. The van der Waals surface area contributed by atoms with Crippen LogP contribution < -0.4 is 0 Å². The molecule has 1 aliphatic carbocycles. The highest BCUT2D eigenvalue weighted by Crippen LogP contribution is 2.59. The molecule has 0 spiro atoms. The van der Waals surface area contributed by atoms with Crippen LogP contribution in [0.5, 0.6) is 0 Å². The van der Waals surface area contributed by atoms with Crippen LogP contribution in [0.15, 0.2) is 0 Å². The molecule has 0 bridgehead atoms. The lowest BCUT2D eigenvalue weighted by molar-refractivity contribution is 0.0557. The molecule has 1 aliphatic rings. The number of rotatable bonds is 3. The van der Waals surface area contributed by atoms with Gasteiger partial charge in [0.05, 0.1) is 0 Å². The lowest BCUT2D eigenvalue weighted by Gasteiger charge is -2.43. The van der Waals surface area contributed by atoms with Crippen LogP contribution in [0.4, 0.5) is 0 Å². The van der Waals surface area contributed by atoms with Crippen molar-refractivity contribution in [3.05, 3.63) is 0 Å². The van der Waals surface area contributed by atoms with Crippen molar-refractivity contribution in [2.24, 2.45) is 28.6 Å². The standard InChI is InChI=1S/C15H30/c1-8-15(7)10-9-14(5,6)13(15)12(4)11(2)3/h11-13H,8-10H2,1-7H3. The highest BCUT2D eigenvalue weighted by molar-refractivity contribution is 5.00. The topological polar surface area (TPSA) is 0 Å². The third-order valence-corrected chi connectivity index (χ3v) is 5.32. The second kappa shape index (κ2) is 4.11. The lowest BCUT2D eigenvalue weighted by Crippen LogP contribution is -2.36. The van der Waals surface area contributed by atoms with Gasteiger partial charge in [-0.2, -0.15) is 0 Å². The summed E-state index contributed by atoms with van der Waals surface area (Å²) in [5.41, 5.74) is 1.14. The fourth-order valence-electron chi connectivity index (χ4n) is 3.99. The average molecular weight is 210 g/mol. The largest absolute Gasteiger partial charge is 0.0649 e. The molecular formula is C15H30. The van der Waals surface area contributed by atoms with Gasteiger partial charge in [-0.1, -0.05) is 54.9 Å². The molecule has 90 valence electrons. The van der Waals surface area contributed by atoms with Crippen LogP contribution >= 0.6 is 0 Å². The Morgan fingerprint density at radius 3 is 2.00 bits per heavy atom. The van der Waals surface area contributed by atoms with E-state index in [1.807, 2.05) is 0 Å². The maximum absolute atomic E-state index is 2.52. The fourth-order valence-corrected chi connectivity index (χ4v) is 3.99. The predicted octanol–water partition coefficient (Wildman–Crippen LogP) is 5.13. The van der Waals surface area contributed by atoms with Gasteiger partial charge in [-0.15, -0.1) is 0 Å². The first-order valence-electron chi connectivity index (χ1n) is 6.74. The van der Waals surface area contributed by atoms with Gasteiger partial charge in [-0.05, 0) is 41.4 Å². The van der Waals surface area contributed by atoms with Crippen LogP contribution in [0.25, 0.3) is 0 Å². The third-order valence-electron chi connectivity index (χ3n) is 5.32. The molecule has 1 saturated carbocycles. The Labute approximate surface area is 96.8 Å². The van der Waals surface area contributed by atoms with Crippen LogP contribution in [0, 0.1) is 28.6 Å². The maximum Gasteiger partial charge on any atom is -0.0281 e. The quantitative estimate of drug-likeness (QED) is 0.605. The van der Waals surface area contributed by atoms with E-state index in [1.165, 1.54) is 19.3 Å². The molecular weight excluding hydrogens is 180 g/mol. The summed E-state index contributed by atoms with van der Waals surface area (Å²) < 4.78 is 0. The summed E-state index contributed by atoms with van der Waals surface area (Å²) in [6.45, 7) is 17.1. The Morgan fingerprint density at radius 2 is 1.60 bits per heavy atom. The predicted molar refractivity (Wildman–Crippen MR) is 68.9 cm³/mol. The summed E-state index contributed by atoms with van der Waals surface area (Å²) in [4.78, 5) is 0. The Balaban J connectivity index is 2.97. The van der Waals surface area contributed by atoms with E-state index in [9.17, 15) is 0 Å². The summed E-state index contributed by atoms with van der Waals surface area (Å²) >= 11 is 0. The van der Waals surface area contributed by atoms with Crippen molar-refractivity contribution in [1.82, 2.24) is 0 Å². The summed E-state index contributed by atoms with van der Waals surface area (Å²) in [5.74, 6) is 2.57. The average Bonchev–Trinajstić information content (AvgIpc) is 2.37. The zero-order valence-corrected chi connectivity index (χ0v) is 11.9. The van der Waals surface area contributed by atoms with E-state index < -0.39 is 0 Å². The van der Waals surface area contributed by atoms with E-state index in [0.29, 0.717) is 10.8 Å². The van der Waals surface area contributed by atoms with Gasteiger partial charge >= 0.3 is 0 Å². The SMILES string of the molecule is CCC1(C)CCC(C)(C)C1C(C)C(C)C. The third kappa shape index (κ3) is 2.24. The summed E-state index contributed by atoms with van der Waals surface area (Å²) in [6, 6.07) is 0. The summed E-state index contributed by atoms with van der Waals surface area (Å²) in [5, 5.41) is 0.